The lowest BCUT2D eigenvalue weighted by atomic mass is 10.1. The summed E-state index contributed by atoms with van der Waals surface area (Å²) in [7, 11) is -3.64. The van der Waals surface area contributed by atoms with E-state index in [4.69, 9.17) is 0 Å². The first-order valence-electron chi connectivity index (χ1n) is 11.5. The number of benzene rings is 1. The van der Waals surface area contributed by atoms with Gasteiger partial charge in [-0.3, -0.25) is 4.79 Å². The number of aromatic nitrogens is 2. The van der Waals surface area contributed by atoms with E-state index in [1.807, 2.05) is 49.9 Å². The zero-order valence-corrected chi connectivity index (χ0v) is 21.4. The van der Waals surface area contributed by atoms with Crippen LogP contribution in [-0.2, 0) is 33.5 Å². The number of amides is 1. The smallest absolute Gasteiger partial charge is 0.228 e. The predicted molar refractivity (Wildman–Crippen MR) is 129 cm³/mol. The average Bonchev–Trinajstić information content (AvgIpc) is 3.02. The minimum Gasteiger partial charge on any atom is -0.337 e. The molecule has 1 aromatic heterocycles. The first-order valence-corrected chi connectivity index (χ1v) is 13.1. The van der Waals surface area contributed by atoms with Crippen molar-refractivity contribution in [1.82, 2.24) is 14.5 Å². The molecule has 0 aliphatic carbocycles. The van der Waals surface area contributed by atoms with Gasteiger partial charge < -0.3 is 9.47 Å². The third-order valence-corrected chi connectivity index (χ3v) is 6.64. The van der Waals surface area contributed by atoms with E-state index in [1.165, 1.54) is 0 Å². The van der Waals surface area contributed by atoms with Gasteiger partial charge in [-0.1, -0.05) is 71.4 Å². The van der Waals surface area contributed by atoms with Crippen LogP contribution in [0.4, 0.5) is 0 Å². The second-order valence-electron chi connectivity index (χ2n) is 10.1. The number of nitrogens with zero attached hydrogens (tertiary/aromatic N) is 3. The Balaban J connectivity index is 2.40. The molecule has 0 unspecified atom stereocenters. The van der Waals surface area contributed by atoms with Crippen LogP contribution in [0.15, 0.2) is 35.6 Å². The lowest BCUT2D eigenvalue weighted by Gasteiger charge is -2.26. The molecule has 2 rings (SSSR count). The van der Waals surface area contributed by atoms with Crippen molar-refractivity contribution in [3.05, 3.63) is 47.3 Å². The molecule has 6 nitrogen and oxygen atoms in total. The van der Waals surface area contributed by atoms with Gasteiger partial charge in [0.05, 0.1) is 24.2 Å². The standard InChI is InChI=1S/C25H39N3O3S/c1-18(2)11-24(29)27(14-19(3)4)16-23-13-26-25(28(23)15-20(5)6)32(30,31)17-22-10-8-9-21(7)12-22/h8-10,12-13,18-20H,11,14-17H2,1-7H3. The molecule has 1 heterocycles. The molecule has 1 amide bonds. The topological polar surface area (TPSA) is 72.3 Å². The molecule has 1 aromatic carbocycles. The first-order chi connectivity index (χ1) is 14.9. The molecule has 0 N–H and O–H groups in total. The summed E-state index contributed by atoms with van der Waals surface area (Å²) in [5, 5.41) is 0.0866. The Kier molecular flexibility index (Phi) is 9.08. The van der Waals surface area contributed by atoms with Gasteiger partial charge in [0.25, 0.3) is 0 Å². The van der Waals surface area contributed by atoms with Gasteiger partial charge in [0.2, 0.25) is 20.9 Å². The van der Waals surface area contributed by atoms with E-state index in [1.54, 1.807) is 10.8 Å². The zero-order valence-electron chi connectivity index (χ0n) is 20.6. The Hall–Kier alpha value is -2.15. The van der Waals surface area contributed by atoms with Crippen LogP contribution >= 0.6 is 0 Å². The minimum absolute atomic E-state index is 0.0866. The highest BCUT2D eigenvalue weighted by atomic mass is 32.2. The Morgan fingerprint density at radius 1 is 1.06 bits per heavy atom. The summed E-state index contributed by atoms with van der Waals surface area (Å²) < 4.78 is 28.4. The maximum Gasteiger partial charge on any atom is 0.228 e. The predicted octanol–water partition coefficient (Wildman–Crippen LogP) is 4.85. The molecule has 0 saturated heterocycles. The number of rotatable bonds is 11. The van der Waals surface area contributed by atoms with Crippen molar-refractivity contribution in [3.63, 3.8) is 0 Å². The summed E-state index contributed by atoms with van der Waals surface area (Å²) in [5.74, 6) is 0.821. The molecule has 2 aromatic rings. The molecule has 0 spiro atoms. The Morgan fingerprint density at radius 2 is 1.75 bits per heavy atom. The average molecular weight is 462 g/mol. The third kappa shape index (κ3) is 7.47. The fourth-order valence-electron chi connectivity index (χ4n) is 3.78. The Bertz CT molecular complexity index is 1010. The molecule has 0 saturated carbocycles. The molecule has 0 radical (unpaired) electrons. The van der Waals surface area contributed by atoms with Crippen LogP contribution in [-0.4, -0.2) is 35.3 Å². The molecule has 0 atom stereocenters. The van der Waals surface area contributed by atoms with Crippen LogP contribution in [0, 0.1) is 24.7 Å². The Morgan fingerprint density at radius 3 is 2.31 bits per heavy atom. The summed E-state index contributed by atoms with van der Waals surface area (Å²) in [4.78, 5) is 19.1. The number of imidazole rings is 1. The highest BCUT2D eigenvalue weighted by Gasteiger charge is 2.26. The fourth-order valence-corrected chi connectivity index (χ4v) is 5.27. The van der Waals surface area contributed by atoms with Gasteiger partial charge in [-0.25, -0.2) is 13.4 Å². The quantitative estimate of drug-likeness (QED) is 0.479. The highest BCUT2D eigenvalue weighted by Crippen LogP contribution is 2.21. The van der Waals surface area contributed by atoms with Crippen LogP contribution in [0.5, 0.6) is 0 Å². The van der Waals surface area contributed by atoms with E-state index in [0.717, 1.165) is 16.8 Å². The second kappa shape index (κ2) is 11.1. The van der Waals surface area contributed by atoms with Crippen LogP contribution < -0.4 is 0 Å². The highest BCUT2D eigenvalue weighted by molar-refractivity contribution is 7.90. The lowest BCUT2D eigenvalue weighted by Crippen LogP contribution is -2.35. The van der Waals surface area contributed by atoms with Gasteiger partial charge in [0.15, 0.2) is 0 Å². The van der Waals surface area contributed by atoms with E-state index in [2.05, 4.69) is 32.7 Å². The van der Waals surface area contributed by atoms with Crippen molar-refractivity contribution in [3.8, 4) is 0 Å². The van der Waals surface area contributed by atoms with Crippen molar-refractivity contribution in [2.45, 2.75) is 78.9 Å². The van der Waals surface area contributed by atoms with Gasteiger partial charge >= 0.3 is 0 Å². The van der Waals surface area contributed by atoms with Crippen LogP contribution in [0.3, 0.4) is 0 Å². The fraction of sp³-hybridized carbons (Fsp3) is 0.600. The van der Waals surface area contributed by atoms with E-state index >= 15 is 0 Å². The van der Waals surface area contributed by atoms with E-state index in [9.17, 15) is 13.2 Å². The summed E-state index contributed by atoms with van der Waals surface area (Å²) in [5.41, 5.74) is 2.54. The van der Waals surface area contributed by atoms with Crippen molar-refractivity contribution in [1.29, 1.82) is 0 Å². The number of hydrogen-bond acceptors (Lipinski definition) is 4. The summed E-state index contributed by atoms with van der Waals surface area (Å²) in [6.45, 7) is 15.8. The molecule has 178 valence electrons. The van der Waals surface area contributed by atoms with Crippen LogP contribution in [0.25, 0.3) is 0 Å². The van der Waals surface area contributed by atoms with Gasteiger partial charge in [0, 0.05) is 19.5 Å². The van der Waals surface area contributed by atoms with Gasteiger partial charge in [-0.15, -0.1) is 0 Å². The number of aryl methyl sites for hydroxylation is 1. The molecule has 0 aliphatic rings. The summed E-state index contributed by atoms with van der Waals surface area (Å²) in [6.07, 6.45) is 2.10. The van der Waals surface area contributed by atoms with Gasteiger partial charge in [0.1, 0.15) is 0 Å². The normalized spacial score (nSPS) is 12.2. The van der Waals surface area contributed by atoms with Crippen molar-refractivity contribution < 1.29 is 13.2 Å². The molecule has 0 bridgehead atoms. The summed E-state index contributed by atoms with van der Waals surface area (Å²) >= 11 is 0. The lowest BCUT2D eigenvalue weighted by molar-refractivity contribution is -0.133. The zero-order chi connectivity index (χ0) is 24.1. The van der Waals surface area contributed by atoms with E-state index in [-0.39, 0.29) is 28.7 Å². The number of carbonyl (C=O) groups excluding carboxylic acids is 1. The Labute approximate surface area is 194 Å². The molecule has 0 fully saturated rings. The van der Waals surface area contributed by atoms with Crippen molar-refractivity contribution >= 4 is 15.7 Å². The number of sulfone groups is 1. The minimum atomic E-state index is -3.64. The largest absolute Gasteiger partial charge is 0.337 e. The molecule has 0 aliphatic heterocycles. The first kappa shape index (κ1) is 26.1. The second-order valence-corrected chi connectivity index (χ2v) is 11.9. The van der Waals surface area contributed by atoms with E-state index in [0.29, 0.717) is 32.0 Å². The number of carbonyl (C=O) groups is 1. The van der Waals surface area contributed by atoms with E-state index < -0.39 is 9.84 Å². The monoisotopic (exact) mass is 461 g/mol. The molecular weight excluding hydrogens is 422 g/mol. The van der Waals surface area contributed by atoms with Crippen molar-refractivity contribution in [2.75, 3.05) is 6.54 Å². The maximum atomic E-state index is 13.3. The SMILES string of the molecule is Cc1cccc(CS(=O)(=O)c2ncc(CN(CC(C)C)C(=O)CC(C)C)n2CC(C)C)c1. The van der Waals surface area contributed by atoms with Crippen LogP contribution in [0.2, 0.25) is 0 Å². The van der Waals surface area contributed by atoms with Crippen LogP contribution in [0.1, 0.15) is 64.8 Å². The molecular formula is C25H39N3O3S. The van der Waals surface area contributed by atoms with Gasteiger partial charge in [-0.05, 0) is 30.2 Å². The molecule has 7 heteroatoms. The molecule has 32 heavy (non-hydrogen) atoms. The van der Waals surface area contributed by atoms with Crippen molar-refractivity contribution in [2.24, 2.45) is 17.8 Å². The van der Waals surface area contributed by atoms with Gasteiger partial charge in [-0.2, -0.15) is 0 Å². The number of hydrogen-bond donors (Lipinski definition) is 0. The summed E-state index contributed by atoms with van der Waals surface area (Å²) in [6, 6.07) is 7.54. The maximum absolute atomic E-state index is 13.3. The third-order valence-electron chi connectivity index (χ3n) is 5.04.